The smallest absolute Gasteiger partial charge is 0.410 e. The molecule has 0 atom stereocenters. The number of aliphatic imine (C=N–C) groups is 2. The van der Waals surface area contributed by atoms with E-state index in [2.05, 4.69) is 37.7 Å². The van der Waals surface area contributed by atoms with Gasteiger partial charge in [0.1, 0.15) is 11.3 Å². The Morgan fingerprint density at radius 3 is 2.54 bits per heavy atom. The summed E-state index contributed by atoms with van der Waals surface area (Å²) in [4.78, 5) is 25.1. The van der Waals surface area contributed by atoms with Crippen molar-refractivity contribution in [3.63, 3.8) is 0 Å². The highest BCUT2D eigenvalue weighted by Crippen LogP contribution is 2.25. The van der Waals surface area contributed by atoms with Crippen molar-refractivity contribution >= 4 is 34.2 Å². The molecular weight excluding hydrogens is 398 g/mol. The molecule has 144 valence electrons. The molecule has 7 nitrogen and oxygen atoms in total. The first-order valence-corrected chi connectivity index (χ1v) is 9.60. The van der Waals surface area contributed by atoms with Crippen molar-refractivity contribution in [2.45, 2.75) is 46.1 Å². The number of amidine groups is 1. The van der Waals surface area contributed by atoms with Gasteiger partial charge in [0.25, 0.3) is 0 Å². The first kappa shape index (κ1) is 20.5. The zero-order valence-electron chi connectivity index (χ0n) is 16.0. The molecule has 1 saturated heterocycles. The van der Waals surface area contributed by atoms with Gasteiger partial charge in [-0.2, -0.15) is 0 Å². The molecule has 2 heterocycles. The van der Waals surface area contributed by atoms with Crippen molar-refractivity contribution in [1.82, 2.24) is 9.80 Å². The second-order valence-corrected chi connectivity index (χ2v) is 8.41. The Morgan fingerprint density at radius 2 is 1.96 bits per heavy atom. The largest absolute Gasteiger partial charge is 0.444 e. The third-order valence-corrected chi connectivity index (χ3v) is 4.72. The number of carbonyl (C=O) groups is 1. The van der Waals surface area contributed by atoms with Crippen molar-refractivity contribution < 1.29 is 9.53 Å². The Balaban J connectivity index is 2.14. The summed E-state index contributed by atoms with van der Waals surface area (Å²) in [7, 11) is 0. The summed E-state index contributed by atoms with van der Waals surface area (Å²) >= 11 is 3.55. The van der Waals surface area contributed by atoms with E-state index in [0.717, 1.165) is 34.4 Å². The zero-order valence-corrected chi connectivity index (χ0v) is 17.5. The molecule has 0 radical (unpaired) electrons. The maximum absolute atomic E-state index is 12.2. The number of halogens is 1. The lowest BCUT2D eigenvalue weighted by atomic mass is 10.1. The van der Waals surface area contributed by atoms with Gasteiger partial charge in [0.2, 0.25) is 0 Å². The second-order valence-electron chi connectivity index (χ2n) is 7.39. The van der Waals surface area contributed by atoms with Crippen LogP contribution in [0.5, 0.6) is 0 Å². The average Bonchev–Trinajstić information content (AvgIpc) is 2.56. The molecule has 0 aliphatic carbocycles. The van der Waals surface area contributed by atoms with Crippen molar-refractivity contribution in [3.05, 3.63) is 22.0 Å². The van der Waals surface area contributed by atoms with Crippen LogP contribution in [0.25, 0.3) is 0 Å². The number of allylic oxidation sites excluding steroid dienone is 2. The molecule has 26 heavy (non-hydrogen) atoms. The van der Waals surface area contributed by atoms with Crippen molar-refractivity contribution in [1.29, 1.82) is 0 Å². The number of piperazine rings is 1. The van der Waals surface area contributed by atoms with Gasteiger partial charge in [-0.1, -0.05) is 15.9 Å². The van der Waals surface area contributed by atoms with Gasteiger partial charge in [-0.25, -0.2) is 14.8 Å². The third kappa shape index (κ3) is 5.59. The van der Waals surface area contributed by atoms with Gasteiger partial charge in [0.15, 0.2) is 5.84 Å². The zero-order chi connectivity index (χ0) is 19.3. The number of hydrogen-bond acceptors (Lipinski definition) is 5. The van der Waals surface area contributed by atoms with Crippen LogP contribution in [0, 0.1) is 0 Å². The lowest BCUT2D eigenvalue weighted by Crippen LogP contribution is -2.52. The molecule has 0 saturated carbocycles. The standard InChI is InChI=1S/C18H28BrN5O2/c1-13-5-6-14(19)11-21-16(15(13)22-12-20)23-7-9-24(10-8-23)17(25)26-18(2,3)4/h11-12H,5-10H2,1-4H3,(H2,20,22). The SMILES string of the molecule is CC1=C(N=CN)C(N2CCN(C(=O)OC(C)(C)C)CC2)=NC=C(Br)CC1. The topological polar surface area (TPSA) is 83.5 Å². The summed E-state index contributed by atoms with van der Waals surface area (Å²) in [5.74, 6) is 0.796. The van der Waals surface area contributed by atoms with E-state index in [-0.39, 0.29) is 6.09 Å². The Bertz CT molecular complexity index is 653. The van der Waals surface area contributed by atoms with Crippen LogP contribution in [-0.4, -0.2) is 59.8 Å². The molecule has 2 rings (SSSR count). The number of rotatable bonds is 1. The maximum atomic E-state index is 12.2. The highest BCUT2D eigenvalue weighted by Gasteiger charge is 2.28. The highest BCUT2D eigenvalue weighted by molar-refractivity contribution is 9.11. The van der Waals surface area contributed by atoms with Crippen LogP contribution in [0.1, 0.15) is 40.5 Å². The van der Waals surface area contributed by atoms with Crippen LogP contribution < -0.4 is 5.73 Å². The number of hydrogen-bond donors (Lipinski definition) is 1. The molecule has 0 aromatic carbocycles. The van der Waals surface area contributed by atoms with Gasteiger partial charge in [-0.3, -0.25) is 0 Å². The Labute approximate surface area is 163 Å². The molecule has 0 unspecified atom stereocenters. The van der Waals surface area contributed by atoms with E-state index < -0.39 is 5.60 Å². The maximum Gasteiger partial charge on any atom is 0.410 e. The van der Waals surface area contributed by atoms with E-state index in [1.165, 1.54) is 6.34 Å². The van der Waals surface area contributed by atoms with Crippen LogP contribution in [0.15, 0.2) is 31.9 Å². The minimum absolute atomic E-state index is 0.272. The van der Waals surface area contributed by atoms with Crippen molar-refractivity contribution in [3.8, 4) is 0 Å². The molecule has 2 aliphatic rings. The predicted molar refractivity (Wildman–Crippen MR) is 108 cm³/mol. The van der Waals surface area contributed by atoms with Crippen LogP contribution >= 0.6 is 15.9 Å². The average molecular weight is 426 g/mol. The molecule has 0 aromatic rings. The number of amides is 1. The van der Waals surface area contributed by atoms with Gasteiger partial charge in [-0.15, -0.1) is 0 Å². The molecule has 0 spiro atoms. The monoisotopic (exact) mass is 425 g/mol. The molecule has 1 fully saturated rings. The van der Waals surface area contributed by atoms with E-state index in [0.29, 0.717) is 26.2 Å². The minimum atomic E-state index is -0.488. The lowest BCUT2D eigenvalue weighted by Gasteiger charge is -2.37. The summed E-state index contributed by atoms with van der Waals surface area (Å²) in [5.41, 5.74) is 7.03. The summed E-state index contributed by atoms with van der Waals surface area (Å²) < 4.78 is 6.51. The number of nitrogens with two attached hydrogens (primary N) is 1. The van der Waals surface area contributed by atoms with Crippen LogP contribution in [0.2, 0.25) is 0 Å². The Hall–Kier alpha value is -1.83. The van der Waals surface area contributed by atoms with E-state index in [1.54, 1.807) is 4.90 Å². The normalized spacial score (nSPS) is 19.9. The van der Waals surface area contributed by atoms with Gasteiger partial charge >= 0.3 is 6.09 Å². The minimum Gasteiger partial charge on any atom is -0.444 e. The lowest BCUT2D eigenvalue weighted by molar-refractivity contribution is 0.0187. The van der Waals surface area contributed by atoms with Crippen LogP contribution in [-0.2, 0) is 4.74 Å². The summed E-state index contributed by atoms with van der Waals surface area (Å²) in [6.45, 7) is 10.2. The van der Waals surface area contributed by atoms with E-state index >= 15 is 0 Å². The summed E-state index contributed by atoms with van der Waals surface area (Å²) in [5, 5.41) is 0. The van der Waals surface area contributed by atoms with E-state index in [4.69, 9.17) is 10.5 Å². The molecule has 2 N–H and O–H groups in total. The molecule has 0 bridgehead atoms. The predicted octanol–water partition coefficient (Wildman–Crippen LogP) is 3.23. The summed E-state index contributed by atoms with van der Waals surface area (Å²) in [6.07, 6.45) is 4.64. The van der Waals surface area contributed by atoms with Gasteiger partial charge in [0.05, 0.1) is 6.34 Å². The molecule has 1 amide bonds. The fourth-order valence-corrected chi connectivity index (χ4v) is 3.07. The third-order valence-electron chi connectivity index (χ3n) is 4.12. The van der Waals surface area contributed by atoms with E-state index in [1.807, 2.05) is 27.0 Å². The van der Waals surface area contributed by atoms with E-state index in [9.17, 15) is 4.79 Å². The Kier molecular flexibility index (Phi) is 6.86. The summed E-state index contributed by atoms with van der Waals surface area (Å²) in [6, 6.07) is 0. The van der Waals surface area contributed by atoms with Crippen molar-refractivity contribution in [2.24, 2.45) is 15.7 Å². The Morgan fingerprint density at radius 1 is 1.31 bits per heavy atom. The number of carbonyl (C=O) groups excluding carboxylic acids is 1. The van der Waals surface area contributed by atoms with Gasteiger partial charge in [0, 0.05) is 36.9 Å². The molecule has 2 aliphatic heterocycles. The van der Waals surface area contributed by atoms with Gasteiger partial charge in [-0.05, 0) is 46.1 Å². The quantitative estimate of drug-likeness (QED) is 0.516. The molecule has 8 heteroatoms. The first-order valence-electron chi connectivity index (χ1n) is 8.81. The van der Waals surface area contributed by atoms with Crippen LogP contribution in [0.4, 0.5) is 4.79 Å². The highest BCUT2D eigenvalue weighted by atomic mass is 79.9. The second kappa shape index (κ2) is 8.70. The van der Waals surface area contributed by atoms with Gasteiger partial charge < -0.3 is 20.3 Å². The first-order chi connectivity index (χ1) is 12.2. The molecular formula is C18H28BrN5O2. The number of nitrogens with zero attached hydrogens (tertiary/aromatic N) is 4. The van der Waals surface area contributed by atoms with Crippen LogP contribution in [0.3, 0.4) is 0 Å². The number of ether oxygens (including phenoxy) is 1. The van der Waals surface area contributed by atoms with Crippen molar-refractivity contribution in [2.75, 3.05) is 26.2 Å². The fourth-order valence-electron chi connectivity index (χ4n) is 2.77. The fraction of sp³-hybridized carbons (Fsp3) is 0.611. The molecule has 0 aromatic heterocycles.